The molecule has 0 radical (unpaired) electrons. The van der Waals surface area contributed by atoms with Crippen LogP contribution in [0.25, 0.3) is 0 Å². The minimum atomic E-state index is -4.95. The molecule has 93 heavy (non-hydrogen) atoms. The van der Waals surface area contributed by atoms with Gasteiger partial charge in [0.1, 0.15) is 19.3 Å². The highest BCUT2D eigenvalue weighted by molar-refractivity contribution is 7.47. The third-order valence-corrected chi connectivity index (χ3v) is 19.1. The van der Waals surface area contributed by atoms with E-state index in [0.29, 0.717) is 25.7 Å². The fourth-order valence-corrected chi connectivity index (χ4v) is 12.9. The van der Waals surface area contributed by atoms with Gasteiger partial charge in [0.25, 0.3) is 0 Å². The average molecular weight is 1370 g/mol. The van der Waals surface area contributed by atoms with E-state index in [4.69, 9.17) is 37.0 Å². The van der Waals surface area contributed by atoms with Crippen molar-refractivity contribution in [2.75, 3.05) is 39.6 Å². The van der Waals surface area contributed by atoms with Crippen molar-refractivity contribution in [3.05, 3.63) is 0 Å². The number of aliphatic hydroxyl groups is 1. The highest BCUT2D eigenvalue weighted by Gasteiger charge is 2.30. The van der Waals surface area contributed by atoms with Gasteiger partial charge in [-0.05, 0) is 37.5 Å². The van der Waals surface area contributed by atoms with Crippen molar-refractivity contribution in [3.63, 3.8) is 0 Å². The molecule has 3 N–H and O–H groups in total. The molecule has 0 fully saturated rings. The molecule has 0 aliphatic rings. The summed E-state index contributed by atoms with van der Waals surface area (Å²) < 4.78 is 68.2. The monoisotopic (exact) mass is 1370 g/mol. The van der Waals surface area contributed by atoms with Gasteiger partial charge < -0.3 is 33.8 Å². The van der Waals surface area contributed by atoms with Crippen LogP contribution in [-0.4, -0.2) is 96.7 Å². The number of rotatable bonds is 73. The fourth-order valence-electron chi connectivity index (χ4n) is 11.3. The van der Waals surface area contributed by atoms with E-state index < -0.39 is 97.5 Å². The number of esters is 4. The van der Waals surface area contributed by atoms with Crippen LogP contribution in [0.1, 0.15) is 382 Å². The number of aliphatic hydroxyl groups excluding tert-OH is 1. The van der Waals surface area contributed by atoms with Gasteiger partial charge in [-0.15, -0.1) is 0 Å². The van der Waals surface area contributed by atoms with E-state index in [9.17, 15) is 43.2 Å². The first-order chi connectivity index (χ1) is 44.9. The summed E-state index contributed by atoms with van der Waals surface area (Å²) in [5.74, 6) is -0.604. The number of unbranched alkanes of at least 4 members (excludes halogenated alkanes) is 43. The van der Waals surface area contributed by atoms with Gasteiger partial charge in [-0.2, -0.15) is 0 Å². The summed E-state index contributed by atoms with van der Waals surface area (Å²) in [7, 11) is -9.90. The predicted octanol–water partition coefficient (Wildman–Crippen LogP) is 21.6. The highest BCUT2D eigenvalue weighted by Crippen LogP contribution is 2.45. The Balaban J connectivity index is 5.13. The molecule has 0 aromatic carbocycles. The molecule has 0 amide bonds. The maximum Gasteiger partial charge on any atom is 0.472 e. The Morgan fingerprint density at radius 3 is 0.731 bits per heavy atom. The first-order valence-corrected chi connectivity index (χ1v) is 41.5. The molecule has 19 heteroatoms. The van der Waals surface area contributed by atoms with Gasteiger partial charge in [0.05, 0.1) is 26.4 Å². The number of hydrogen-bond acceptors (Lipinski definition) is 15. The lowest BCUT2D eigenvalue weighted by Crippen LogP contribution is -2.30. The van der Waals surface area contributed by atoms with E-state index >= 15 is 0 Å². The minimum absolute atomic E-state index is 0.104. The van der Waals surface area contributed by atoms with Crippen LogP contribution in [0.2, 0.25) is 0 Å². The molecule has 0 rings (SSSR count). The van der Waals surface area contributed by atoms with Crippen LogP contribution in [0.4, 0.5) is 0 Å². The summed E-state index contributed by atoms with van der Waals surface area (Å²) >= 11 is 0. The molecule has 0 heterocycles. The van der Waals surface area contributed by atoms with Gasteiger partial charge in [0.2, 0.25) is 0 Å². The Morgan fingerprint density at radius 1 is 0.290 bits per heavy atom. The molecule has 2 unspecified atom stereocenters. The first kappa shape index (κ1) is 91.1. The van der Waals surface area contributed by atoms with Crippen molar-refractivity contribution in [3.8, 4) is 0 Å². The lowest BCUT2D eigenvalue weighted by Gasteiger charge is -2.21. The van der Waals surface area contributed by atoms with Gasteiger partial charge in [-0.25, -0.2) is 9.13 Å². The minimum Gasteiger partial charge on any atom is -0.462 e. The van der Waals surface area contributed by atoms with Crippen molar-refractivity contribution < 1.29 is 80.2 Å². The maximum atomic E-state index is 13.1. The second-order valence-electron chi connectivity index (χ2n) is 27.6. The van der Waals surface area contributed by atoms with Gasteiger partial charge in [0.15, 0.2) is 12.2 Å². The third-order valence-electron chi connectivity index (χ3n) is 17.2. The zero-order valence-electron chi connectivity index (χ0n) is 60.6. The number of phosphoric ester groups is 2. The lowest BCUT2D eigenvalue weighted by molar-refractivity contribution is -0.161. The van der Waals surface area contributed by atoms with Crippen LogP contribution in [-0.2, 0) is 65.4 Å². The molecule has 0 saturated carbocycles. The van der Waals surface area contributed by atoms with Crippen molar-refractivity contribution in [2.24, 2.45) is 11.8 Å². The van der Waals surface area contributed by atoms with Crippen LogP contribution in [0.15, 0.2) is 0 Å². The number of phosphoric acid groups is 2. The Hall–Kier alpha value is -1.94. The number of ether oxygens (including phenoxy) is 4. The topological polar surface area (TPSA) is 237 Å². The Bertz CT molecular complexity index is 1800. The van der Waals surface area contributed by atoms with E-state index in [1.165, 1.54) is 193 Å². The Labute approximate surface area is 568 Å². The van der Waals surface area contributed by atoms with Crippen LogP contribution < -0.4 is 0 Å². The van der Waals surface area contributed by atoms with Crippen LogP contribution in [0.3, 0.4) is 0 Å². The van der Waals surface area contributed by atoms with Crippen molar-refractivity contribution >= 4 is 39.5 Å². The summed E-state index contributed by atoms with van der Waals surface area (Å²) in [6.07, 6.45) is 53.3. The van der Waals surface area contributed by atoms with Crippen LogP contribution in [0.5, 0.6) is 0 Å². The quantitative estimate of drug-likeness (QED) is 0.0222. The summed E-state index contributed by atoms with van der Waals surface area (Å²) in [6.45, 7) is 9.48. The fraction of sp³-hybridized carbons (Fsp3) is 0.946. The van der Waals surface area contributed by atoms with Gasteiger partial charge in [-0.3, -0.25) is 37.3 Å². The average Bonchev–Trinajstić information content (AvgIpc) is 3.17. The SMILES string of the molecule is CCCCCCCCCCCCCCCCCCCCC(=O)OC[C@H](COP(=O)(O)OC[C@@H](O)COP(=O)(O)OC[C@@H](COC(=O)CCCCCCC)OC(=O)CCCCCCCCCCC(C)C)OC(=O)CCCCCCCCCCCCCCCCCCC(C)C. The molecule has 0 aliphatic carbocycles. The molecule has 0 aliphatic heterocycles. The molecule has 0 saturated heterocycles. The van der Waals surface area contributed by atoms with Crippen molar-refractivity contribution in [1.29, 1.82) is 0 Å². The number of hydrogen-bond donors (Lipinski definition) is 3. The normalized spacial score (nSPS) is 14.1. The zero-order chi connectivity index (χ0) is 68.6. The Morgan fingerprint density at radius 2 is 0.495 bits per heavy atom. The van der Waals surface area contributed by atoms with Gasteiger partial charge in [-0.1, -0.05) is 330 Å². The highest BCUT2D eigenvalue weighted by atomic mass is 31.2. The number of carbonyl (C=O) groups excluding carboxylic acids is 4. The summed E-state index contributed by atoms with van der Waals surface area (Å²) in [5, 5.41) is 10.6. The van der Waals surface area contributed by atoms with Crippen LogP contribution in [0, 0.1) is 11.8 Å². The van der Waals surface area contributed by atoms with E-state index in [2.05, 4.69) is 41.5 Å². The maximum absolute atomic E-state index is 13.1. The molecular formula is C74H144O17P2. The second kappa shape index (κ2) is 66.0. The largest absolute Gasteiger partial charge is 0.472 e. The van der Waals surface area contributed by atoms with E-state index in [1.54, 1.807) is 0 Å². The molecule has 0 aromatic heterocycles. The lowest BCUT2D eigenvalue weighted by atomic mass is 10.0. The molecular weight excluding hydrogens is 1220 g/mol. The van der Waals surface area contributed by atoms with Crippen LogP contribution >= 0.6 is 15.6 Å². The third kappa shape index (κ3) is 68.4. The van der Waals surface area contributed by atoms with Gasteiger partial charge >= 0.3 is 39.5 Å². The number of carbonyl (C=O) groups is 4. The predicted molar refractivity (Wildman–Crippen MR) is 377 cm³/mol. The summed E-state index contributed by atoms with van der Waals surface area (Å²) in [4.78, 5) is 72.4. The molecule has 5 atom stereocenters. The second-order valence-corrected chi connectivity index (χ2v) is 30.5. The standard InChI is InChI=1S/C74H144O17P2/c1-7-9-11-13-14-15-16-17-18-19-20-24-27-30-33-39-45-51-57-72(77)85-63-70(91-73(78)58-52-46-40-34-31-28-25-22-21-23-26-29-32-37-43-48-54-66(3)4)65-89-93(82,83)87-61-68(75)60-86-92(80,81)88-64-69(62-84-71(76)56-50-42-12-10-8-2)90-74(79)59-53-47-41-36-35-38-44-49-55-67(5)6/h66-70,75H,7-65H2,1-6H3,(H,80,81)(H,82,83)/t68-,69+,70+/m0/s1. The van der Waals surface area contributed by atoms with Gasteiger partial charge in [0, 0.05) is 25.7 Å². The molecule has 17 nitrogen and oxygen atoms in total. The van der Waals surface area contributed by atoms with Crippen molar-refractivity contribution in [2.45, 2.75) is 400 Å². The zero-order valence-corrected chi connectivity index (χ0v) is 62.3. The smallest absolute Gasteiger partial charge is 0.462 e. The van der Waals surface area contributed by atoms with E-state index in [1.807, 2.05) is 0 Å². The summed E-state index contributed by atoms with van der Waals surface area (Å²) in [5.41, 5.74) is 0. The van der Waals surface area contributed by atoms with E-state index in [0.717, 1.165) is 108 Å². The Kier molecular flexibility index (Phi) is 64.6. The summed E-state index contributed by atoms with van der Waals surface area (Å²) in [6, 6.07) is 0. The first-order valence-electron chi connectivity index (χ1n) is 38.5. The molecule has 0 spiro atoms. The van der Waals surface area contributed by atoms with E-state index in [-0.39, 0.29) is 25.7 Å². The molecule has 0 aromatic rings. The van der Waals surface area contributed by atoms with Crippen molar-refractivity contribution in [1.82, 2.24) is 0 Å². The molecule has 552 valence electrons. The molecule has 0 bridgehead atoms.